The van der Waals surface area contributed by atoms with E-state index in [4.69, 9.17) is 5.11 Å². The van der Waals surface area contributed by atoms with Crippen molar-refractivity contribution >= 4 is 22.3 Å². The summed E-state index contributed by atoms with van der Waals surface area (Å²) in [4.78, 5) is 21.8. The van der Waals surface area contributed by atoms with Crippen LogP contribution in [-0.4, -0.2) is 38.2 Å². The molecule has 0 spiro atoms. The first-order valence-corrected chi connectivity index (χ1v) is 6.66. The van der Waals surface area contributed by atoms with E-state index in [9.17, 15) is 18.0 Å². The highest BCUT2D eigenvalue weighted by atomic mass is 32.2. The number of carboxylic acids is 1. The fourth-order valence-corrected chi connectivity index (χ4v) is 1.63. The second-order valence-corrected chi connectivity index (χ2v) is 6.07. The number of ether oxygens (including phenoxy) is 1. The summed E-state index contributed by atoms with van der Waals surface area (Å²) in [6.07, 6.45) is -1.58. The number of carboxylic acid groups (broad SMARTS) is 1. The van der Waals surface area contributed by atoms with Crippen LogP contribution in [0.4, 0.5) is 4.79 Å². The minimum atomic E-state index is -4.13. The van der Waals surface area contributed by atoms with E-state index in [0.29, 0.717) is 0 Å². The van der Waals surface area contributed by atoms with Gasteiger partial charge in [-0.05, 0) is 27.7 Å². The molecule has 0 fully saturated rings. The molecule has 8 nitrogen and oxygen atoms in total. The summed E-state index contributed by atoms with van der Waals surface area (Å²) < 4.78 is 30.9. The number of carbonyl (C=O) groups is 2. The maximum Gasteiger partial charge on any atom is 0.422 e. The van der Waals surface area contributed by atoms with Gasteiger partial charge in [0.2, 0.25) is 0 Å². The van der Waals surface area contributed by atoms with Gasteiger partial charge in [-0.2, -0.15) is 13.1 Å². The van der Waals surface area contributed by atoms with E-state index in [1.165, 1.54) is 13.8 Å². The zero-order chi connectivity index (χ0) is 14.6. The Balaban J connectivity index is 4.42. The van der Waals surface area contributed by atoms with Crippen molar-refractivity contribution in [3.8, 4) is 0 Å². The quantitative estimate of drug-likeness (QED) is 0.633. The monoisotopic (exact) mass is 282 g/mol. The molecule has 9 heteroatoms. The average molecular weight is 282 g/mol. The van der Waals surface area contributed by atoms with E-state index >= 15 is 0 Å². The van der Waals surface area contributed by atoms with Crippen LogP contribution in [0, 0.1) is 5.41 Å². The maximum atomic E-state index is 11.4. The highest BCUT2D eigenvalue weighted by Crippen LogP contribution is 2.13. The normalized spacial score (nSPS) is 12.3. The average Bonchev–Trinajstić information content (AvgIpc) is 2.12. The Hall–Kier alpha value is -1.35. The Bertz CT molecular complexity index is 415. The van der Waals surface area contributed by atoms with Crippen molar-refractivity contribution in [2.75, 3.05) is 6.54 Å². The third-order valence-corrected chi connectivity index (χ3v) is 2.80. The first kappa shape index (κ1) is 16.6. The van der Waals surface area contributed by atoms with Gasteiger partial charge >= 0.3 is 22.3 Å². The van der Waals surface area contributed by atoms with E-state index in [0.717, 1.165) is 0 Å². The zero-order valence-corrected chi connectivity index (χ0v) is 11.5. The molecule has 0 bridgehead atoms. The number of aliphatic carboxylic acids is 1. The van der Waals surface area contributed by atoms with Crippen LogP contribution in [0.15, 0.2) is 0 Å². The Morgan fingerprint density at radius 2 is 1.83 bits per heavy atom. The molecule has 0 saturated heterocycles. The molecule has 0 aromatic heterocycles. The molecule has 106 valence electrons. The third kappa shape index (κ3) is 6.40. The molecule has 0 rings (SSSR count). The van der Waals surface area contributed by atoms with Crippen LogP contribution >= 0.6 is 0 Å². The van der Waals surface area contributed by atoms with E-state index in [-0.39, 0.29) is 6.54 Å². The lowest BCUT2D eigenvalue weighted by molar-refractivity contribution is -0.146. The Morgan fingerprint density at radius 1 is 1.33 bits per heavy atom. The van der Waals surface area contributed by atoms with Crippen LogP contribution < -0.4 is 9.44 Å². The SMILES string of the molecule is CC(C)OC(=O)NS(=O)(=O)NCC(C)(C)C(=O)O. The maximum absolute atomic E-state index is 11.4. The number of hydrogen-bond acceptors (Lipinski definition) is 5. The lowest BCUT2D eigenvalue weighted by Crippen LogP contribution is -2.46. The largest absolute Gasteiger partial charge is 0.481 e. The summed E-state index contributed by atoms with van der Waals surface area (Å²) in [5.41, 5.74) is -1.28. The smallest absolute Gasteiger partial charge is 0.422 e. The summed E-state index contributed by atoms with van der Waals surface area (Å²) in [6.45, 7) is 5.47. The van der Waals surface area contributed by atoms with Gasteiger partial charge in [0, 0.05) is 6.54 Å². The van der Waals surface area contributed by atoms with Gasteiger partial charge in [-0.25, -0.2) is 9.52 Å². The predicted molar refractivity (Wildman–Crippen MR) is 63.1 cm³/mol. The minimum absolute atomic E-state index is 0.355. The van der Waals surface area contributed by atoms with Gasteiger partial charge in [-0.1, -0.05) is 0 Å². The van der Waals surface area contributed by atoms with E-state index in [2.05, 4.69) is 4.74 Å². The third-order valence-electron chi connectivity index (χ3n) is 1.84. The molecule has 0 aromatic rings. The van der Waals surface area contributed by atoms with E-state index in [1.54, 1.807) is 18.6 Å². The first-order valence-electron chi connectivity index (χ1n) is 5.18. The lowest BCUT2D eigenvalue weighted by atomic mass is 9.95. The Morgan fingerprint density at radius 3 is 2.22 bits per heavy atom. The molecule has 0 unspecified atom stereocenters. The summed E-state index contributed by atoms with van der Waals surface area (Å²) in [5, 5.41) is 8.79. The highest BCUT2D eigenvalue weighted by molar-refractivity contribution is 7.88. The van der Waals surface area contributed by atoms with Crippen LogP contribution in [-0.2, 0) is 19.7 Å². The van der Waals surface area contributed by atoms with Gasteiger partial charge in [0.15, 0.2) is 0 Å². The molecule has 0 radical (unpaired) electrons. The molecule has 3 N–H and O–H groups in total. The number of amides is 1. The summed E-state index contributed by atoms with van der Waals surface area (Å²) in [5.74, 6) is -1.16. The van der Waals surface area contributed by atoms with Gasteiger partial charge < -0.3 is 9.84 Å². The van der Waals surface area contributed by atoms with Gasteiger partial charge in [-0.15, -0.1) is 0 Å². The molecule has 0 saturated carbocycles. The van der Waals surface area contributed by atoms with Crippen LogP contribution in [0.5, 0.6) is 0 Å². The molecule has 18 heavy (non-hydrogen) atoms. The molecule has 0 atom stereocenters. The topological polar surface area (TPSA) is 122 Å². The zero-order valence-electron chi connectivity index (χ0n) is 10.7. The summed E-state index contributed by atoms with van der Waals surface area (Å²) in [6, 6.07) is 0. The van der Waals surface area contributed by atoms with Crippen LogP contribution in [0.1, 0.15) is 27.7 Å². The van der Waals surface area contributed by atoms with Crippen molar-refractivity contribution in [2.45, 2.75) is 33.8 Å². The van der Waals surface area contributed by atoms with Crippen molar-refractivity contribution in [1.82, 2.24) is 9.44 Å². The van der Waals surface area contributed by atoms with E-state index < -0.39 is 33.8 Å². The van der Waals surface area contributed by atoms with E-state index in [1.807, 2.05) is 4.72 Å². The Labute approximate surface area is 106 Å². The standard InChI is InChI=1S/C9H18N2O6S/c1-6(2)17-8(14)11-18(15,16)10-5-9(3,4)7(12)13/h6,10H,5H2,1-4H3,(H,11,14)(H,12,13). The van der Waals surface area contributed by atoms with Crippen LogP contribution in [0.2, 0.25) is 0 Å². The molecule has 0 aliphatic rings. The number of carbonyl (C=O) groups excluding carboxylic acids is 1. The molecule has 0 heterocycles. The molecule has 0 aliphatic heterocycles. The van der Waals surface area contributed by atoms with Crippen molar-refractivity contribution in [2.24, 2.45) is 5.41 Å². The van der Waals surface area contributed by atoms with Crippen LogP contribution in [0.3, 0.4) is 0 Å². The lowest BCUT2D eigenvalue weighted by Gasteiger charge is -2.19. The number of hydrogen-bond donors (Lipinski definition) is 3. The fraction of sp³-hybridized carbons (Fsp3) is 0.778. The molecule has 1 amide bonds. The molecule has 0 aliphatic carbocycles. The van der Waals surface area contributed by atoms with Crippen molar-refractivity contribution in [3.63, 3.8) is 0 Å². The van der Waals surface area contributed by atoms with Crippen molar-refractivity contribution < 1.29 is 27.9 Å². The fourth-order valence-electron chi connectivity index (χ4n) is 0.735. The van der Waals surface area contributed by atoms with Crippen molar-refractivity contribution in [3.05, 3.63) is 0 Å². The van der Waals surface area contributed by atoms with Gasteiger partial charge in [0.1, 0.15) is 0 Å². The van der Waals surface area contributed by atoms with Crippen molar-refractivity contribution in [1.29, 1.82) is 0 Å². The second-order valence-electron chi connectivity index (χ2n) is 4.57. The molecule has 0 aromatic carbocycles. The van der Waals surface area contributed by atoms with Crippen LogP contribution in [0.25, 0.3) is 0 Å². The highest BCUT2D eigenvalue weighted by Gasteiger charge is 2.29. The first-order chi connectivity index (χ1) is 7.96. The van der Waals surface area contributed by atoms with Gasteiger partial charge in [0.25, 0.3) is 0 Å². The summed E-state index contributed by atoms with van der Waals surface area (Å²) >= 11 is 0. The molecular formula is C9H18N2O6S. The van der Waals surface area contributed by atoms with Gasteiger partial charge in [-0.3, -0.25) is 4.79 Å². The minimum Gasteiger partial charge on any atom is -0.481 e. The molecular weight excluding hydrogens is 264 g/mol. The number of rotatable bonds is 6. The second kappa shape index (κ2) is 6.01. The predicted octanol–water partition coefficient (Wildman–Crippen LogP) is 0.0662. The number of nitrogens with one attached hydrogen (secondary N) is 2. The Kier molecular flexibility index (Phi) is 5.55. The summed E-state index contributed by atoms with van der Waals surface area (Å²) in [7, 11) is -4.13. The van der Waals surface area contributed by atoms with Gasteiger partial charge in [0.05, 0.1) is 11.5 Å².